The van der Waals surface area contributed by atoms with Crippen molar-refractivity contribution in [1.29, 1.82) is 0 Å². The smallest absolute Gasteiger partial charge is 0.243 e. The fourth-order valence-electron chi connectivity index (χ4n) is 3.78. The molecule has 1 saturated heterocycles. The van der Waals surface area contributed by atoms with Gasteiger partial charge in [0.05, 0.1) is 4.90 Å². The van der Waals surface area contributed by atoms with Gasteiger partial charge >= 0.3 is 0 Å². The van der Waals surface area contributed by atoms with Gasteiger partial charge in [0.25, 0.3) is 0 Å². The van der Waals surface area contributed by atoms with Gasteiger partial charge in [-0.25, -0.2) is 8.42 Å². The molecule has 1 aliphatic heterocycles. The number of nitrogens with one attached hydrogen (secondary N) is 1. The summed E-state index contributed by atoms with van der Waals surface area (Å²) in [6, 6.07) is 7.24. The first-order valence-electron chi connectivity index (χ1n) is 10.7. The molecule has 0 radical (unpaired) electrons. The molecule has 3 rings (SSSR count). The number of nitrogens with zero attached hydrogens (tertiary/aromatic N) is 2. The quantitative estimate of drug-likeness (QED) is 0.708. The fourth-order valence-corrected chi connectivity index (χ4v) is 5.33. The Balaban J connectivity index is 1.67. The van der Waals surface area contributed by atoms with Gasteiger partial charge in [-0.1, -0.05) is 26.7 Å². The van der Waals surface area contributed by atoms with E-state index in [2.05, 4.69) is 19.2 Å². The van der Waals surface area contributed by atoms with Gasteiger partial charge in [-0.3, -0.25) is 4.79 Å². The number of rotatable bonds is 8. The van der Waals surface area contributed by atoms with Gasteiger partial charge in [0, 0.05) is 49.7 Å². The summed E-state index contributed by atoms with van der Waals surface area (Å²) in [6.45, 7) is 6.77. The van der Waals surface area contributed by atoms with Crippen LogP contribution in [0.25, 0.3) is 10.9 Å². The largest absolute Gasteiger partial charge is 0.356 e. The maximum Gasteiger partial charge on any atom is 0.243 e. The van der Waals surface area contributed by atoms with Crippen molar-refractivity contribution >= 4 is 26.8 Å². The van der Waals surface area contributed by atoms with Crippen LogP contribution < -0.4 is 5.32 Å². The Morgan fingerprint density at radius 1 is 1.10 bits per heavy atom. The molecule has 1 aromatic carbocycles. The molecule has 0 saturated carbocycles. The third-order valence-electron chi connectivity index (χ3n) is 5.57. The molecule has 29 heavy (non-hydrogen) atoms. The topological polar surface area (TPSA) is 71.4 Å². The van der Waals surface area contributed by atoms with Gasteiger partial charge in [-0.2, -0.15) is 4.31 Å². The minimum absolute atomic E-state index is 0.0489. The Kier molecular flexibility index (Phi) is 7.35. The van der Waals surface area contributed by atoms with Gasteiger partial charge in [0.1, 0.15) is 0 Å². The molecule has 2 heterocycles. The van der Waals surface area contributed by atoms with Crippen LogP contribution in [0.1, 0.15) is 52.4 Å². The average molecular weight is 420 g/mol. The fraction of sp³-hybridized carbons (Fsp3) is 0.591. The van der Waals surface area contributed by atoms with Crippen LogP contribution in [0.4, 0.5) is 0 Å². The first kappa shape index (κ1) is 21.8. The number of fused-ring (bicyclic) bond motifs is 1. The Bertz CT molecular complexity index is 926. The molecule has 1 N–H and O–H groups in total. The lowest BCUT2D eigenvalue weighted by atomic mass is 10.1. The predicted molar refractivity (Wildman–Crippen MR) is 116 cm³/mol. The number of aryl methyl sites for hydroxylation is 1. The zero-order chi connectivity index (χ0) is 20.9. The van der Waals surface area contributed by atoms with Gasteiger partial charge in [-0.15, -0.1) is 0 Å². The third kappa shape index (κ3) is 5.60. The molecular weight excluding hydrogens is 386 g/mol. The van der Waals surface area contributed by atoms with Crippen LogP contribution >= 0.6 is 0 Å². The second-order valence-electron chi connectivity index (χ2n) is 8.33. The normalized spacial score (nSPS) is 16.2. The van der Waals surface area contributed by atoms with Crippen molar-refractivity contribution in [3.63, 3.8) is 0 Å². The monoisotopic (exact) mass is 419 g/mol. The van der Waals surface area contributed by atoms with E-state index in [1.54, 1.807) is 16.4 Å². The van der Waals surface area contributed by atoms with E-state index in [0.29, 0.717) is 43.4 Å². The molecule has 2 aromatic rings. The van der Waals surface area contributed by atoms with Crippen molar-refractivity contribution in [2.24, 2.45) is 5.92 Å². The second kappa shape index (κ2) is 9.76. The molecule has 0 aliphatic carbocycles. The Hall–Kier alpha value is -1.86. The minimum Gasteiger partial charge on any atom is -0.356 e. The minimum atomic E-state index is -3.45. The summed E-state index contributed by atoms with van der Waals surface area (Å²) in [7, 11) is -3.45. The molecule has 1 fully saturated rings. The van der Waals surface area contributed by atoms with Crippen LogP contribution in [0.15, 0.2) is 35.4 Å². The maximum absolute atomic E-state index is 13.0. The van der Waals surface area contributed by atoms with E-state index in [1.807, 2.05) is 22.9 Å². The van der Waals surface area contributed by atoms with E-state index in [4.69, 9.17) is 0 Å². The van der Waals surface area contributed by atoms with Crippen LogP contribution in [0.3, 0.4) is 0 Å². The van der Waals surface area contributed by atoms with Crippen LogP contribution in [0.5, 0.6) is 0 Å². The predicted octanol–water partition coefficient (Wildman–Crippen LogP) is 3.76. The molecule has 160 valence electrons. The standard InChI is InChI=1S/C22H33N3O3S/c1-18(2)9-12-23-22(26)11-16-24-15-10-19-17-20(7-8-21(19)24)29(27,28)25-13-5-3-4-6-14-25/h7-8,10,15,17-18H,3-6,9,11-14,16H2,1-2H3,(H,23,26). The first-order valence-corrected chi connectivity index (χ1v) is 12.2. The first-order chi connectivity index (χ1) is 13.9. The molecular formula is C22H33N3O3S. The molecule has 0 bridgehead atoms. The average Bonchev–Trinajstić information content (AvgIpc) is 2.88. The van der Waals surface area contributed by atoms with Gasteiger partial charge in [-0.05, 0) is 49.4 Å². The highest BCUT2D eigenvalue weighted by atomic mass is 32.2. The zero-order valence-electron chi connectivity index (χ0n) is 17.6. The van der Waals surface area contributed by atoms with Crippen LogP contribution in [-0.4, -0.2) is 42.8 Å². The number of amides is 1. The molecule has 0 unspecified atom stereocenters. The van der Waals surface area contributed by atoms with Gasteiger partial charge in [0.15, 0.2) is 0 Å². The van der Waals surface area contributed by atoms with Crippen molar-refractivity contribution in [3.8, 4) is 0 Å². The number of hydrogen-bond acceptors (Lipinski definition) is 3. The van der Waals surface area contributed by atoms with E-state index in [-0.39, 0.29) is 5.91 Å². The molecule has 1 amide bonds. The number of carbonyl (C=O) groups excluding carboxylic acids is 1. The Labute approximate surface area is 174 Å². The number of aromatic nitrogens is 1. The van der Waals surface area contributed by atoms with Gasteiger partial charge < -0.3 is 9.88 Å². The number of hydrogen-bond donors (Lipinski definition) is 1. The molecule has 0 atom stereocenters. The van der Waals surface area contributed by atoms with Gasteiger partial charge in [0.2, 0.25) is 15.9 Å². The molecule has 1 aromatic heterocycles. The highest BCUT2D eigenvalue weighted by Gasteiger charge is 2.25. The number of sulfonamides is 1. The summed E-state index contributed by atoms with van der Waals surface area (Å²) < 4.78 is 29.7. The summed E-state index contributed by atoms with van der Waals surface area (Å²) in [4.78, 5) is 12.4. The molecule has 1 aliphatic rings. The van der Waals surface area contributed by atoms with Crippen LogP contribution in [0.2, 0.25) is 0 Å². The summed E-state index contributed by atoms with van der Waals surface area (Å²) in [5, 5.41) is 3.85. The summed E-state index contributed by atoms with van der Waals surface area (Å²) >= 11 is 0. The van der Waals surface area contributed by atoms with E-state index >= 15 is 0 Å². The van der Waals surface area contributed by atoms with Crippen molar-refractivity contribution in [2.45, 2.75) is 63.8 Å². The van der Waals surface area contributed by atoms with Crippen LogP contribution in [0, 0.1) is 5.92 Å². The highest BCUT2D eigenvalue weighted by Crippen LogP contribution is 2.25. The van der Waals surface area contributed by atoms with Crippen LogP contribution in [-0.2, 0) is 21.4 Å². The molecule has 7 heteroatoms. The lowest BCUT2D eigenvalue weighted by Crippen LogP contribution is -2.31. The van der Waals surface area contributed by atoms with E-state index < -0.39 is 10.0 Å². The Morgan fingerprint density at radius 3 is 2.52 bits per heavy atom. The lowest BCUT2D eigenvalue weighted by molar-refractivity contribution is -0.121. The lowest BCUT2D eigenvalue weighted by Gasteiger charge is -2.20. The Morgan fingerprint density at radius 2 is 1.83 bits per heavy atom. The van der Waals surface area contributed by atoms with E-state index in [9.17, 15) is 13.2 Å². The van der Waals surface area contributed by atoms with Crippen molar-refractivity contribution in [1.82, 2.24) is 14.2 Å². The third-order valence-corrected chi connectivity index (χ3v) is 7.46. The number of carbonyl (C=O) groups is 1. The highest BCUT2D eigenvalue weighted by molar-refractivity contribution is 7.89. The second-order valence-corrected chi connectivity index (χ2v) is 10.3. The summed E-state index contributed by atoms with van der Waals surface area (Å²) in [5.41, 5.74) is 0.954. The summed E-state index contributed by atoms with van der Waals surface area (Å²) in [6.07, 6.45) is 7.36. The van der Waals surface area contributed by atoms with E-state index in [1.165, 1.54) is 0 Å². The molecule has 0 spiro atoms. The summed E-state index contributed by atoms with van der Waals surface area (Å²) in [5.74, 6) is 0.622. The zero-order valence-corrected chi connectivity index (χ0v) is 18.4. The van der Waals surface area contributed by atoms with E-state index in [0.717, 1.165) is 43.0 Å². The van der Waals surface area contributed by atoms with Crippen molar-refractivity contribution < 1.29 is 13.2 Å². The van der Waals surface area contributed by atoms with Crippen molar-refractivity contribution in [3.05, 3.63) is 30.5 Å². The number of benzene rings is 1. The van der Waals surface area contributed by atoms with Crippen molar-refractivity contribution in [2.75, 3.05) is 19.6 Å². The molecule has 6 nitrogen and oxygen atoms in total. The SMILES string of the molecule is CC(C)CCNC(=O)CCn1ccc2cc(S(=O)(=O)N3CCCCCC3)ccc21. The maximum atomic E-state index is 13.0.